The van der Waals surface area contributed by atoms with E-state index >= 15 is 0 Å². The number of amides is 1. The van der Waals surface area contributed by atoms with E-state index in [1.54, 1.807) is 0 Å². The summed E-state index contributed by atoms with van der Waals surface area (Å²) >= 11 is 0. The lowest BCUT2D eigenvalue weighted by Crippen LogP contribution is -2.59. The summed E-state index contributed by atoms with van der Waals surface area (Å²) in [5.41, 5.74) is 1.27. The van der Waals surface area contributed by atoms with Crippen LogP contribution >= 0.6 is 0 Å². The molecule has 0 aliphatic carbocycles. The number of rotatable bonds is 4. The fourth-order valence-electron chi connectivity index (χ4n) is 2.27. The van der Waals surface area contributed by atoms with Gasteiger partial charge in [-0.05, 0) is 18.9 Å². The zero-order chi connectivity index (χ0) is 13.7. The highest BCUT2D eigenvalue weighted by molar-refractivity contribution is 5.82. The van der Waals surface area contributed by atoms with Crippen molar-refractivity contribution in [2.75, 3.05) is 26.7 Å². The van der Waals surface area contributed by atoms with Crippen LogP contribution in [0.4, 0.5) is 0 Å². The molecule has 2 unspecified atom stereocenters. The highest BCUT2D eigenvalue weighted by atomic mass is 16.2. The van der Waals surface area contributed by atoms with E-state index in [1.807, 2.05) is 30.1 Å². The van der Waals surface area contributed by atoms with Gasteiger partial charge in [-0.1, -0.05) is 30.3 Å². The van der Waals surface area contributed by atoms with Crippen molar-refractivity contribution in [2.24, 2.45) is 0 Å². The molecule has 2 atom stereocenters. The number of benzene rings is 1. The van der Waals surface area contributed by atoms with Crippen LogP contribution < -0.4 is 10.6 Å². The Bertz CT molecular complexity index is 399. The van der Waals surface area contributed by atoms with Gasteiger partial charge in [0.05, 0.1) is 6.04 Å². The SMILES string of the molecule is CC1CNC(C(=O)N(C)CCc2ccccc2)CN1. The summed E-state index contributed by atoms with van der Waals surface area (Å²) in [6, 6.07) is 10.6. The van der Waals surface area contributed by atoms with Crippen LogP contribution in [0.3, 0.4) is 0 Å². The number of hydrogen-bond acceptors (Lipinski definition) is 3. The van der Waals surface area contributed by atoms with Crippen molar-refractivity contribution in [3.05, 3.63) is 35.9 Å². The van der Waals surface area contributed by atoms with Gasteiger partial charge in [-0.15, -0.1) is 0 Å². The Morgan fingerprint density at radius 3 is 2.63 bits per heavy atom. The summed E-state index contributed by atoms with van der Waals surface area (Å²) in [6.45, 7) is 4.45. The largest absolute Gasteiger partial charge is 0.344 e. The second kappa shape index (κ2) is 6.68. The third-order valence-electron chi connectivity index (χ3n) is 3.59. The number of nitrogens with zero attached hydrogens (tertiary/aromatic N) is 1. The summed E-state index contributed by atoms with van der Waals surface area (Å²) in [5.74, 6) is 0.176. The van der Waals surface area contributed by atoms with Crippen LogP contribution in [0.2, 0.25) is 0 Å². The van der Waals surface area contributed by atoms with Gasteiger partial charge in [0.2, 0.25) is 5.91 Å². The first-order valence-electron chi connectivity index (χ1n) is 6.92. The fraction of sp³-hybridized carbons (Fsp3) is 0.533. The maximum atomic E-state index is 12.2. The van der Waals surface area contributed by atoms with Gasteiger partial charge < -0.3 is 15.5 Å². The minimum absolute atomic E-state index is 0.0861. The van der Waals surface area contributed by atoms with Gasteiger partial charge in [0.1, 0.15) is 0 Å². The molecule has 2 rings (SSSR count). The molecule has 0 aromatic heterocycles. The summed E-state index contributed by atoms with van der Waals surface area (Å²) < 4.78 is 0. The summed E-state index contributed by atoms with van der Waals surface area (Å²) in [7, 11) is 1.88. The van der Waals surface area contributed by atoms with E-state index in [9.17, 15) is 4.79 Å². The number of nitrogens with one attached hydrogen (secondary N) is 2. The molecule has 1 saturated heterocycles. The molecule has 1 heterocycles. The van der Waals surface area contributed by atoms with Gasteiger partial charge in [0.25, 0.3) is 0 Å². The summed E-state index contributed by atoms with van der Waals surface area (Å²) in [5, 5.41) is 6.63. The summed E-state index contributed by atoms with van der Waals surface area (Å²) in [4.78, 5) is 14.1. The average molecular weight is 261 g/mol. The van der Waals surface area contributed by atoms with E-state index in [0.717, 1.165) is 26.1 Å². The molecule has 4 nitrogen and oxygen atoms in total. The Hall–Kier alpha value is -1.39. The van der Waals surface area contributed by atoms with E-state index < -0.39 is 0 Å². The Morgan fingerprint density at radius 1 is 1.26 bits per heavy atom. The van der Waals surface area contributed by atoms with Crippen molar-refractivity contribution in [1.82, 2.24) is 15.5 Å². The molecule has 1 amide bonds. The number of piperazine rings is 1. The lowest BCUT2D eigenvalue weighted by atomic mass is 10.1. The fourth-order valence-corrected chi connectivity index (χ4v) is 2.27. The third kappa shape index (κ3) is 4.04. The van der Waals surface area contributed by atoms with Crippen molar-refractivity contribution < 1.29 is 4.79 Å². The molecule has 0 radical (unpaired) electrons. The molecular formula is C15H23N3O. The maximum absolute atomic E-state index is 12.2. The van der Waals surface area contributed by atoms with Crippen LogP contribution in [0.1, 0.15) is 12.5 Å². The smallest absolute Gasteiger partial charge is 0.240 e. The molecule has 0 saturated carbocycles. The average Bonchev–Trinajstić information content (AvgIpc) is 2.46. The maximum Gasteiger partial charge on any atom is 0.240 e. The third-order valence-corrected chi connectivity index (χ3v) is 3.59. The first-order chi connectivity index (χ1) is 9.16. The van der Waals surface area contributed by atoms with E-state index in [1.165, 1.54) is 5.56 Å². The van der Waals surface area contributed by atoms with Gasteiger partial charge in [-0.2, -0.15) is 0 Å². The van der Waals surface area contributed by atoms with Crippen LogP contribution in [0.5, 0.6) is 0 Å². The lowest BCUT2D eigenvalue weighted by molar-refractivity contribution is -0.132. The molecule has 1 fully saturated rings. The number of carbonyl (C=O) groups is 1. The molecular weight excluding hydrogens is 238 g/mol. The predicted octanol–water partition coefficient (Wildman–Crippen LogP) is 0.637. The van der Waals surface area contributed by atoms with Gasteiger partial charge >= 0.3 is 0 Å². The van der Waals surface area contributed by atoms with Crippen LogP contribution in [0, 0.1) is 0 Å². The topological polar surface area (TPSA) is 44.4 Å². The molecule has 1 aliphatic heterocycles. The minimum Gasteiger partial charge on any atom is -0.344 e. The highest BCUT2D eigenvalue weighted by Gasteiger charge is 2.25. The molecule has 19 heavy (non-hydrogen) atoms. The Balaban J connectivity index is 1.79. The summed E-state index contributed by atoms with van der Waals surface area (Å²) in [6.07, 6.45) is 0.902. The second-order valence-corrected chi connectivity index (χ2v) is 5.27. The van der Waals surface area contributed by atoms with Gasteiger partial charge in [-0.25, -0.2) is 0 Å². The standard InChI is InChI=1S/C15H23N3O/c1-12-10-17-14(11-16-12)15(19)18(2)9-8-13-6-4-3-5-7-13/h3-7,12,14,16-17H,8-11H2,1-2H3. The van der Waals surface area contributed by atoms with Crippen LogP contribution in [-0.2, 0) is 11.2 Å². The molecule has 0 bridgehead atoms. The lowest BCUT2D eigenvalue weighted by Gasteiger charge is -2.31. The second-order valence-electron chi connectivity index (χ2n) is 5.27. The van der Waals surface area contributed by atoms with E-state index in [4.69, 9.17) is 0 Å². The number of likely N-dealkylation sites (N-methyl/N-ethyl adjacent to an activating group) is 1. The molecule has 2 N–H and O–H groups in total. The van der Waals surface area contributed by atoms with Crippen molar-refractivity contribution in [3.63, 3.8) is 0 Å². The Kier molecular flexibility index (Phi) is 4.93. The first kappa shape index (κ1) is 14.0. The predicted molar refractivity (Wildman–Crippen MR) is 77.0 cm³/mol. The minimum atomic E-state index is -0.0861. The Labute approximate surface area is 115 Å². The molecule has 1 aromatic carbocycles. The monoisotopic (exact) mass is 261 g/mol. The van der Waals surface area contributed by atoms with Crippen molar-refractivity contribution in [1.29, 1.82) is 0 Å². The zero-order valence-electron chi connectivity index (χ0n) is 11.7. The quantitative estimate of drug-likeness (QED) is 0.836. The van der Waals surface area contributed by atoms with Gasteiger partial charge in [0.15, 0.2) is 0 Å². The van der Waals surface area contributed by atoms with E-state index in [-0.39, 0.29) is 11.9 Å². The van der Waals surface area contributed by atoms with Crippen molar-refractivity contribution >= 4 is 5.91 Å². The Morgan fingerprint density at radius 2 is 2.00 bits per heavy atom. The molecule has 104 valence electrons. The highest BCUT2D eigenvalue weighted by Crippen LogP contribution is 2.03. The van der Waals surface area contributed by atoms with E-state index in [0.29, 0.717) is 6.04 Å². The molecule has 0 spiro atoms. The zero-order valence-corrected chi connectivity index (χ0v) is 11.7. The molecule has 1 aliphatic rings. The van der Waals surface area contributed by atoms with Crippen molar-refractivity contribution in [2.45, 2.75) is 25.4 Å². The van der Waals surface area contributed by atoms with E-state index in [2.05, 4.69) is 29.7 Å². The van der Waals surface area contributed by atoms with Crippen molar-refractivity contribution in [3.8, 4) is 0 Å². The van der Waals surface area contributed by atoms with Crippen LogP contribution in [0.15, 0.2) is 30.3 Å². The normalized spacial score (nSPS) is 23.1. The number of hydrogen-bond donors (Lipinski definition) is 2. The molecule has 1 aromatic rings. The first-order valence-corrected chi connectivity index (χ1v) is 6.92. The molecule has 4 heteroatoms. The van der Waals surface area contributed by atoms with Gasteiger partial charge in [-0.3, -0.25) is 4.79 Å². The van der Waals surface area contributed by atoms with Crippen LogP contribution in [-0.4, -0.2) is 49.6 Å². The number of carbonyl (C=O) groups excluding carboxylic acids is 1. The van der Waals surface area contributed by atoms with Crippen LogP contribution in [0.25, 0.3) is 0 Å². The van der Waals surface area contributed by atoms with Gasteiger partial charge in [0, 0.05) is 32.7 Å².